The number of aliphatic hydroxyl groups excluding tert-OH is 1. The lowest BCUT2D eigenvalue weighted by atomic mass is 10.1. The Balaban J connectivity index is 2.20. The molecule has 0 spiro atoms. The fourth-order valence-electron chi connectivity index (χ4n) is 1.98. The number of ether oxygens (including phenoxy) is 2. The fourth-order valence-corrected chi connectivity index (χ4v) is 2.47. The standard InChI is InChI=1S/C17H17BrO3/c1-20-13-9-7-12(15(18)11-13)8-10-16(19)14-5-3-4-6-17(14)21-2/h3-11,16,19H,1-2H3/b10-8+. The Morgan fingerprint density at radius 2 is 1.86 bits per heavy atom. The Kier molecular flexibility index (Phi) is 5.42. The van der Waals surface area contributed by atoms with Crippen molar-refractivity contribution in [3.63, 3.8) is 0 Å². The summed E-state index contributed by atoms with van der Waals surface area (Å²) in [5.41, 5.74) is 1.70. The van der Waals surface area contributed by atoms with Gasteiger partial charge in [0.1, 0.15) is 17.6 Å². The minimum absolute atomic E-state index is 0.670. The molecule has 0 bridgehead atoms. The van der Waals surface area contributed by atoms with E-state index < -0.39 is 6.10 Å². The molecule has 2 aromatic rings. The highest BCUT2D eigenvalue weighted by atomic mass is 79.9. The third kappa shape index (κ3) is 3.86. The van der Waals surface area contributed by atoms with Gasteiger partial charge in [0, 0.05) is 10.0 Å². The van der Waals surface area contributed by atoms with E-state index in [0.29, 0.717) is 5.75 Å². The van der Waals surface area contributed by atoms with Crippen LogP contribution in [0, 0.1) is 0 Å². The van der Waals surface area contributed by atoms with Crippen molar-refractivity contribution in [3.8, 4) is 11.5 Å². The summed E-state index contributed by atoms with van der Waals surface area (Å²) in [6, 6.07) is 13.1. The first-order chi connectivity index (χ1) is 10.2. The molecule has 0 aliphatic carbocycles. The van der Waals surface area contributed by atoms with Crippen molar-refractivity contribution in [2.75, 3.05) is 14.2 Å². The molecule has 4 heteroatoms. The predicted molar refractivity (Wildman–Crippen MR) is 87.7 cm³/mol. The van der Waals surface area contributed by atoms with Crippen LogP contribution in [0.25, 0.3) is 6.08 Å². The van der Waals surface area contributed by atoms with E-state index in [2.05, 4.69) is 15.9 Å². The minimum Gasteiger partial charge on any atom is -0.497 e. The van der Waals surface area contributed by atoms with Crippen molar-refractivity contribution in [2.24, 2.45) is 0 Å². The third-order valence-corrected chi connectivity index (χ3v) is 3.81. The molecular formula is C17H17BrO3. The first kappa shape index (κ1) is 15.6. The Morgan fingerprint density at radius 3 is 2.52 bits per heavy atom. The van der Waals surface area contributed by atoms with E-state index in [0.717, 1.165) is 21.3 Å². The topological polar surface area (TPSA) is 38.7 Å². The zero-order valence-corrected chi connectivity index (χ0v) is 13.5. The van der Waals surface area contributed by atoms with E-state index in [1.807, 2.05) is 48.5 Å². The van der Waals surface area contributed by atoms with Crippen molar-refractivity contribution >= 4 is 22.0 Å². The normalized spacial score (nSPS) is 12.4. The van der Waals surface area contributed by atoms with E-state index in [1.54, 1.807) is 20.3 Å². The van der Waals surface area contributed by atoms with Gasteiger partial charge in [-0.2, -0.15) is 0 Å². The van der Waals surface area contributed by atoms with Gasteiger partial charge in [-0.15, -0.1) is 0 Å². The lowest BCUT2D eigenvalue weighted by Crippen LogP contribution is -1.97. The van der Waals surface area contributed by atoms with E-state index in [1.165, 1.54) is 0 Å². The van der Waals surface area contributed by atoms with Crippen LogP contribution in [0.15, 0.2) is 53.0 Å². The minimum atomic E-state index is -0.727. The number of para-hydroxylation sites is 1. The van der Waals surface area contributed by atoms with Crippen LogP contribution < -0.4 is 9.47 Å². The van der Waals surface area contributed by atoms with E-state index in [4.69, 9.17) is 9.47 Å². The van der Waals surface area contributed by atoms with E-state index in [-0.39, 0.29) is 0 Å². The van der Waals surface area contributed by atoms with Gasteiger partial charge >= 0.3 is 0 Å². The van der Waals surface area contributed by atoms with Crippen LogP contribution in [0.4, 0.5) is 0 Å². The van der Waals surface area contributed by atoms with E-state index in [9.17, 15) is 5.11 Å². The first-order valence-electron chi connectivity index (χ1n) is 6.48. The second-order valence-corrected chi connectivity index (χ2v) is 5.29. The number of aliphatic hydroxyl groups is 1. The monoisotopic (exact) mass is 348 g/mol. The maximum absolute atomic E-state index is 10.3. The molecule has 1 atom stereocenters. The van der Waals surface area contributed by atoms with Gasteiger partial charge in [0.05, 0.1) is 14.2 Å². The van der Waals surface area contributed by atoms with Gasteiger partial charge in [0.25, 0.3) is 0 Å². The molecule has 0 heterocycles. The number of halogens is 1. The third-order valence-electron chi connectivity index (χ3n) is 3.12. The molecule has 110 valence electrons. The van der Waals surface area contributed by atoms with Crippen molar-refractivity contribution in [1.82, 2.24) is 0 Å². The number of hydrogen-bond acceptors (Lipinski definition) is 3. The number of benzene rings is 2. The first-order valence-corrected chi connectivity index (χ1v) is 7.27. The SMILES string of the molecule is COc1ccc(/C=C/C(O)c2ccccc2OC)c(Br)c1. The van der Waals surface area contributed by atoms with Crippen molar-refractivity contribution in [2.45, 2.75) is 6.10 Å². The fraction of sp³-hybridized carbons (Fsp3) is 0.176. The highest BCUT2D eigenvalue weighted by Crippen LogP contribution is 2.28. The Labute approximate surface area is 133 Å². The second kappa shape index (κ2) is 7.29. The highest BCUT2D eigenvalue weighted by Gasteiger charge is 2.09. The largest absolute Gasteiger partial charge is 0.497 e. The Morgan fingerprint density at radius 1 is 1.10 bits per heavy atom. The molecule has 3 nitrogen and oxygen atoms in total. The lowest BCUT2D eigenvalue weighted by Gasteiger charge is -2.11. The van der Waals surface area contributed by atoms with Crippen molar-refractivity contribution in [1.29, 1.82) is 0 Å². The summed E-state index contributed by atoms with van der Waals surface area (Å²) >= 11 is 3.48. The van der Waals surface area contributed by atoms with Crippen LogP contribution in [-0.2, 0) is 0 Å². The average molecular weight is 349 g/mol. The zero-order valence-electron chi connectivity index (χ0n) is 11.9. The van der Waals surface area contributed by atoms with Crippen LogP contribution >= 0.6 is 15.9 Å². The van der Waals surface area contributed by atoms with Crippen molar-refractivity contribution in [3.05, 3.63) is 64.1 Å². The molecule has 0 saturated carbocycles. The smallest absolute Gasteiger partial charge is 0.124 e. The van der Waals surface area contributed by atoms with Gasteiger partial charge in [-0.05, 0) is 23.8 Å². The Hall–Kier alpha value is -1.78. The molecule has 0 aliphatic heterocycles. The van der Waals surface area contributed by atoms with Gasteiger partial charge < -0.3 is 14.6 Å². The quantitative estimate of drug-likeness (QED) is 0.879. The summed E-state index contributed by atoms with van der Waals surface area (Å²) in [4.78, 5) is 0. The Bertz CT molecular complexity index is 638. The van der Waals surface area contributed by atoms with Gasteiger partial charge in [0.2, 0.25) is 0 Å². The maximum Gasteiger partial charge on any atom is 0.124 e. The summed E-state index contributed by atoms with van der Waals surface area (Å²) in [5, 5.41) is 10.3. The summed E-state index contributed by atoms with van der Waals surface area (Å²) in [7, 11) is 3.22. The molecule has 1 N–H and O–H groups in total. The van der Waals surface area contributed by atoms with Gasteiger partial charge in [-0.3, -0.25) is 0 Å². The molecule has 0 amide bonds. The number of methoxy groups -OCH3 is 2. The van der Waals surface area contributed by atoms with Crippen molar-refractivity contribution < 1.29 is 14.6 Å². The molecule has 21 heavy (non-hydrogen) atoms. The summed E-state index contributed by atoms with van der Waals surface area (Å²) < 4.78 is 11.3. The molecular weight excluding hydrogens is 332 g/mol. The van der Waals surface area contributed by atoms with Gasteiger partial charge in [-0.25, -0.2) is 0 Å². The molecule has 2 aromatic carbocycles. The van der Waals surface area contributed by atoms with Crippen LogP contribution in [0.2, 0.25) is 0 Å². The van der Waals surface area contributed by atoms with E-state index >= 15 is 0 Å². The predicted octanol–water partition coefficient (Wildman–Crippen LogP) is 4.21. The molecule has 0 fully saturated rings. The lowest BCUT2D eigenvalue weighted by molar-refractivity contribution is 0.223. The maximum atomic E-state index is 10.3. The summed E-state index contributed by atoms with van der Waals surface area (Å²) in [6.45, 7) is 0. The van der Waals surface area contributed by atoms with Crippen LogP contribution in [-0.4, -0.2) is 19.3 Å². The zero-order chi connectivity index (χ0) is 15.2. The molecule has 0 saturated heterocycles. The molecule has 0 radical (unpaired) electrons. The molecule has 0 aromatic heterocycles. The highest BCUT2D eigenvalue weighted by molar-refractivity contribution is 9.10. The van der Waals surface area contributed by atoms with Gasteiger partial charge in [0.15, 0.2) is 0 Å². The molecule has 0 aliphatic rings. The number of rotatable bonds is 5. The van der Waals surface area contributed by atoms with Crippen LogP contribution in [0.3, 0.4) is 0 Å². The molecule has 1 unspecified atom stereocenters. The summed E-state index contributed by atoms with van der Waals surface area (Å²) in [5.74, 6) is 1.45. The van der Waals surface area contributed by atoms with Gasteiger partial charge in [-0.1, -0.05) is 52.3 Å². The second-order valence-electron chi connectivity index (χ2n) is 4.43. The number of hydrogen-bond donors (Lipinski definition) is 1. The van der Waals surface area contributed by atoms with Crippen LogP contribution in [0.5, 0.6) is 11.5 Å². The molecule has 2 rings (SSSR count). The summed E-state index contributed by atoms with van der Waals surface area (Å²) in [6.07, 6.45) is 2.86. The van der Waals surface area contributed by atoms with Crippen LogP contribution in [0.1, 0.15) is 17.2 Å². The average Bonchev–Trinajstić information content (AvgIpc) is 2.53.